The second-order valence-electron chi connectivity index (χ2n) is 4.96. The quantitative estimate of drug-likeness (QED) is 0.785. The molecule has 100 valence electrons. The van der Waals surface area contributed by atoms with Crippen molar-refractivity contribution in [3.8, 4) is 0 Å². The number of amides is 1. The predicted molar refractivity (Wildman–Crippen MR) is 59.9 cm³/mol. The van der Waals surface area contributed by atoms with Crippen molar-refractivity contribution in [2.45, 2.75) is 50.7 Å². The van der Waals surface area contributed by atoms with E-state index in [0.717, 1.165) is 12.8 Å². The number of carbonyl (C=O) groups excluding carboxylic acids is 1. The van der Waals surface area contributed by atoms with Crippen LogP contribution in [0.1, 0.15) is 39.0 Å². The van der Waals surface area contributed by atoms with Crippen molar-refractivity contribution >= 4 is 17.5 Å². The maximum absolute atomic E-state index is 12.1. The molecule has 17 heavy (non-hydrogen) atoms. The van der Waals surface area contributed by atoms with Gasteiger partial charge in [-0.1, -0.05) is 19.8 Å². The number of alkyl halides is 4. The van der Waals surface area contributed by atoms with Crippen LogP contribution in [0.2, 0.25) is 0 Å². The zero-order chi connectivity index (χ0) is 13.1. The summed E-state index contributed by atoms with van der Waals surface area (Å²) < 4.78 is 36.2. The molecule has 0 aliphatic heterocycles. The first-order chi connectivity index (χ1) is 7.76. The summed E-state index contributed by atoms with van der Waals surface area (Å²) in [6.45, 7) is 2.02. The van der Waals surface area contributed by atoms with E-state index in [9.17, 15) is 18.0 Å². The number of halogens is 4. The topological polar surface area (TPSA) is 29.1 Å². The smallest absolute Gasteiger partial charge is 0.349 e. The molecule has 1 amide bonds. The third-order valence-corrected chi connectivity index (χ3v) is 3.62. The van der Waals surface area contributed by atoms with Crippen molar-refractivity contribution < 1.29 is 18.0 Å². The van der Waals surface area contributed by atoms with Crippen molar-refractivity contribution in [3.63, 3.8) is 0 Å². The molecule has 1 fully saturated rings. The Morgan fingerprint density at radius 3 is 2.65 bits per heavy atom. The number of hydrogen-bond acceptors (Lipinski definition) is 1. The zero-order valence-corrected chi connectivity index (χ0v) is 10.5. The maximum atomic E-state index is 12.1. The lowest BCUT2D eigenvalue weighted by atomic mass is 9.77. The van der Waals surface area contributed by atoms with E-state index in [2.05, 4.69) is 5.32 Å². The summed E-state index contributed by atoms with van der Waals surface area (Å²) in [5.41, 5.74) is -0.651. The highest BCUT2D eigenvalue weighted by atomic mass is 35.5. The highest BCUT2D eigenvalue weighted by Gasteiger charge is 2.38. The molecule has 0 radical (unpaired) electrons. The van der Waals surface area contributed by atoms with Crippen LogP contribution in [-0.4, -0.2) is 23.5 Å². The van der Waals surface area contributed by atoms with Crippen LogP contribution in [0.25, 0.3) is 0 Å². The average molecular weight is 272 g/mol. The summed E-state index contributed by atoms with van der Waals surface area (Å²) >= 11 is 5.82. The molecule has 0 aromatic carbocycles. The Hall–Kier alpha value is -0.450. The van der Waals surface area contributed by atoms with Gasteiger partial charge in [0.1, 0.15) is 6.42 Å². The molecular formula is C11H17ClF3NO. The van der Waals surface area contributed by atoms with E-state index >= 15 is 0 Å². The molecule has 1 rings (SSSR count). The van der Waals surface area contributed by atoms with Crippen LogP contribution in [0, 0.1) is 5.92 Å². The monoisotopic (exact) mass is 271 g/mol. The predicted octanol–water partition coefficient (Wildman–Crippen LogP) is 3.24. The van der Waals surface area contributed by atoms with E-state index in [4.69, 9.17) is 11.6 Å². The van der Waals surface area contributed by atoms with E-state index in [0.29, 0.717) is 18.8 Å². The third kappa shape index (κ3) is 4.74. The van der Waals surface area contributed by atoms with Crippen LogP contribution in [0.15, 0.2) is 0 Å². The van der Waals surface area contributed by atoms with Crippen LogP contribution in [0.5, 0.6) is 0 Å². The first-order valence-electron chi connectivity index (χ1n) is 5.70. The number of hydrogen-bond donors (Lipinski definition) is 1. The van der Waals surface area contributed by atoms with Gasteiger partial charge in [-0.3, -0.25) is 4.79 Å². The van der Waals surface area contributed by atoms with E-state index in [1.807, 2.05) is 6.92 Å². The first kappa shape index (κ1) is 14.6. The standard InChI is InChI=1S/C11H17ClF3NO/c1-8-3-2-4-10(5-8,7-12)16-9(17)6-11(13,14)15/h8H,2-7H2,1H3,(H,16,17). The minimum absolute atomic E-state index is 0.168. The molecular weight excluding hydrogens is 255 g/mol. The summed E-state index contributed by atoms with van der Waals surface area (Å²) in [5.74, 6) is -0.429. The minimum Gasteiger partial charge on any atom is -0.349 e. The molecule has 0 saturated heterocycles. The van der Waals surface area contributed by atoms with Crippen molar-refractivity contribution in [2.75, 3.05) is 5.88 Å². The van der Waals surface area contributed by atoms with E-state index in [1.165, 1.54) is 0 Å². The summed E-state index contributed by atoms with van der Waals surface area (Å²) in [6, 6.07) is 0. The molecule has 0 bridgehead atoms. The van der Waals surface area contributed by atoms with E-state index in [-0.39, 0.29) is 5.88 Å². The summed E-state index contributed by atoms with van der Waals surface area (Å²) in [5, 5.41) is 2.48. The molecule has 1 N–H and O–H groups in total. The van der Waals surface area contributed by atoms with Gasteiger partial charge in [0.15, 0.2) is 0 Å². The second-order valence-corrected chi connectivity index (χ2v) is 5.22. The molecule has 0 spiro atoms. The Balaban J connectivity index is 2.59. The van der Waals surface area contributed by atoms with E-state index in [1.54, 1.807) is 0 Å². The Bertz CT molecular complexity index is 282. The Morgan fingerprint density at radius 1 is 1.53 bits per heavy atom. The van der Waals surface area contributed by atoms with Gasteiger partial charge in [-0.2, -0.15) is 13.2 Å². The minimum atomic E-state index is -4.46. The Kier molecular flexibility index (Phi) is 4.69. The Morgan fingerprint density at radius 2 is 2.18 bits per heavy atom. The highest BCUT2D eigenvalue weighted by Crippen LogP contribution is 2.33. The summed E-state index contributed by atoms with van der Waals surface area (Å²) in [7, 11) is 0. The second kappa shape index (κ2) is 5.46. The molecule has 2 nitrogen and oxygen atoms in total. The van der Waals surface area contributed by atoms with Gasteiger partial charge in [-0.05, 0) is 18.8 Å². The maximum Gasteiger partial charge on any atom is 0.397 e. The average Bonchev–Trinajstić information content (AvgIpc) is 2.14. The van der Waals surface area contributed by atoms with Gasteiger partial charge in [0.05, 0.1) is 5.54 Å². The summed E-state index contributed by atoms with van der Waals surface area (Å²) in [6.07, 6.45) is -2.66. The molecule has 2 atom stereocenters. The van der Waals surface area contributed by atoms with E-state index < -0.39 is 24.0 Å². The lowest BCUT2D eigenvalue weighted by Gasteiger charge is -2.39. The molecule has 2 unspecified atom stereocenters. The zero-order valence-electron chi connectivity index (χ0n) is 9.74. The number of rotatable bonds is 3. The molecule has 0 aromatic rings. The lowest BCUT2D eigenvalue weighted by Crippen LogP contribution is -2.53. The van der Waals surface area contributed by atoms with Crippen molar-refractivity contribution in [2.24, 2.45) is 5.92 Å². The van der Waals surface area contributed by atoms with Gasteiger partial charge in [0.25, 0.3) is 0 Å². The third-order valence-electron chi connectivity index (χ3n) is 3.11. The molecule has 0 aromatic heterocycles. The molecule has 6 heteroatoms. The van der Waals surface area contributed by atoms with Crippen LogP contribution in [-0.2, 0) is 4.79 Å². The van der Waals surface area contributed by atoms with Crippen molar-refractivity contribution in [1.29, 1.82) is 0 Å². The fourth-order valence-electron chi connectivity index (χ4n) is 2.45. The normalized spacial score (nSPS) is 30.1. The SMILES string of the molecule is CC1CCCC(CCl)(NC(=O)CC(F)(F)F)C1. The van der Waals surface area contributed by atoms with Crippen molar-refractivity contribution in [1.82, 2.24) is 5.32 Å². The van der Waals surface area contributed by atoms with Gasteiger partial charge < -0.3 is 5.32 Å². The fourth-order valence-corrected chi connectivity index (χ4v) is 2.76. The Labute approximate surface area is 104 Å². The fraction of sp³-hybridized carbons (Fsp3) is 0.909. The van der Waals surface area contributed by atoms with Crippen LogP contribution < -0.4 is 5.32 Å². The lowest BCUT2D eigenvalue weighted by molar-refractivity contribution is -0.155. The molecule has 1 aliphatic carbocycles. The van der Waals surface area contributed by atoms with Gasteiger partial charge in [0.2, 0.25) is 5.91 Å². The van der Waals surface area contributed by atoms with Gasteiger partial charge in [-0.25, -0.2) is 0 Å². The van der Waals surface area contributed by atoms with Gasteiger partial charge >= 0.3 is 6.18 Å². The van der Waals surface area contributed by atoms with Crippen LogP contribution >= 0.6 is 11.6 Å². The van der Waals surface area contributed by atoms with Crippen LogP contribution in [0.4, 0.5) is 13.2 Å². The molecule has 0 heterocycles. The van der Waals surface area contributed by atoms with Crippen LogP contribution in [0.3, 0.4) is 0 Å². The largest absolute Gasteiger partial charge is 0.397 e. The molecule has 1 saturated carbocycles. The summed E-state index contributed by atoms with van der Waals surface area (Å²) in [4.78, 5) is 11.3. The number of carbonyl (C=O) groups is 1. The van der Waals surface area contributed by atoms with Gasteiger partial charge in [0, 0.05) is 5.88 Å². The highest BCUT2D eigenvalue weighted by molar-refractivity contribution is 6.18. The number of nitrogens with one attached hydrogen (secondary N) is 1. The van der Waals surface area contributed by atoms with Crippen molar-refractivity contribution in [3.05, 3.63) is 0 Å². The molecule has 1 aliphatic rings. The van der Waals surface area contributed by atoms with Gasteiger partial charge in [-0.15, -0.1) is 11.6 Å². The first-order valence-corrected chi connectivity index (χ1v) is 6.23.